The van der Waals surface area contributed by atoms with E-state index in [2.05, 4.69) is 10.1 Å². The van der Waals surface area contributed by atoms with E-state index in [4.69, 9.17) is 10.3 Å². The molecule has 0 amide bonds. The van der Waals surface area contributed by atoms with Crippen LogP contribution in [0.1, 0.15) is 36.5 Å². The Kier molecular flexibility index (Phi) is 5.69. The fraction of sp³-hybridized carbons (Fsp3) is 0.467. The van der Waals surface area contributed by atoms with Crippen molar-refractivity contribution in [1.82, 2.24) is 10.1 Å². The van der Waals surface area contributed by atoms with Crippen LogP contribution in [0, 0.1) is 0 Å². The largest absolute Gasteiger partial charge is 0.403 e. The van der Waals surface area contributed by atoms with Crippen molar-refractivity contribution in [3.63, 3.8) is 0 Å². The summed E-state index contributed by atoms with van der Waals surface area (Å²) in [4.78, 5) is 3.87. The quantitative estimate of drug-likeness (QED) is 0.812. The van der Waals surface area contributed by atoms with Gasteiger partial charge in [-0.25, -0.2) is 8.42 Å². The second kappa shape index (κ2) is 7.16. The third-order valence-electron chi connectivity index (χ3n) is 4.15. The first kappa shape index (κ1) is 20.7. The first-order valence-electron chi connectivity index (χ1n) is 7.58. The maximum atomic E-state index is 12.3. The molecule has 0 atom stereocenters. The number of hydrogen-bond acceptors (Lipinski definition) is 6. The molecule has 0 saturated heterocycles. The van der Waals surface area contributed by atoms with Crippen LogP contribution >= 0.6 is 12.4 Å². The smallest absolute Gasteiger partial charge is 0.339 e. The molecular formula is C15H17ClF3N3O3S. The summed E-state index contributed by atoms with van der Waals surface area (Å²) in [5.74, 6) is -1.12. The molecule has 1 saturated carbocycles. The highest BCUT2D eigenvalue weighted by molar-refractivity contribution is 7.91. The Morgan fingerprint density at radius 3 is 2.31 bits per heavy atom. The van der Waals surface area contributed by atoms with Crippen molar-refractivity contribution in [3.05, 3.63) is 41.5 Å². The monoisotopic (exact) mass is 411 g/mol. The molecule has 1 aliphatic rings. The third-order valence-corrected chi connectivity index (χ3v) is 5.85. The summed E-state index contributed by atoms with van der Waals surface area (Å²) in [5.41, 5.74) is 6.20. The van der Waals surface area contributed by atoms with Gasteiger partial charge in [0.25, 0.3) is 0 Å². The summed E-state index contributed by atoms with van der Waals surface area (Å²) in [7, 11) is -4.41. The summed E-state index contributed by atoms with van der Waals surface area (Å²) >= 11 is 0. The minimum absolute atomic E-state index is 0. The number of nitrogens with zero attached hydrogens (tertiary/aromatic N) is 2. The number of hydrogen-bond donors (Lipinski definition) is 1. The zero-order valence-corrected chi connectivity index (χ0v) is 15.1. The number of rotatable bonds is 5. The van der Waals surface area contributed by atoms with Crippen LogP contribution in [0.25, 0.3) is 0 Å². The number of benzene rings is 1. The molecule has 0 bridgehead atoms. The van der Waals surface area contributed by atoms with Gasteiger partial charge in [0.2, 0.25) is 5.89 Å². The zero-order valence-electron chi connectivity index (χ0n) is 13.5. The lowest BCUT2D eigenvalue weighted by molar-refractivity contribution is -0.106. The summed E-state index contributed by atoms with van der Waals surface area (Å²) in [5, 5.41) is 3.87. The number of sulfone groups is 1. The second-order valence-electron chi connectivity index (χ2n) is 6.22. The van der Waals surface area contributed by atoms with E-state index in [1.54, 1.807) is 0 Å². The van der Waals surface area contributed by atoms with Crippen LogP contribution in [-0.2, 0) is 21.8 Å². The van der Waals surface area contributed by atoms with Gasteiger partial charge in [-0.1, -0.05) is 17.3 Å². The van der Waals surface area contributed by atoms with E-state index in [9.17, 15) is 21.6 Å². The van der Waals surface area contributed by atoms with Crippen LogP contribution in [0.3, 0.4) is 0 Å². The van der Waals surface area contributed by atoms with Gasteiger partial charge in [-0.05, 0) is 37.0 Å². The summed E-state index contributed by atoms with van der Waals surface area (Å²) in [6, 6.07) is 5.14. The molecular weight excluding hydrogens is 395 g/mol. The Balaban J connectivity index is 0.00000243. The van der Waals surface area contributed by atoms with E-state index in [0.29, 0.717) is 17.3 Å². The molecule has 6 nitrogen and oxygen atoms in total. The minimum Gasteiger partial charge on any atom is -0.339 e. The molecule has 144 valence electrons. The van der Waals surface area contributed by atoms with Gasteiger partial charge in [-0.2, -0.15) is 18.2 Å². The first-order valence-corrected chi connectivity index (χ1v) is 9.23. The van der Waals surface area contributed by atoms with Crippen LogP contribution in [0.5, 0.6) is 0 Å². The van der Waals surface area contributed by atoms with Crippen LogP contribution in [0.15, 0.2) is 33.7 Å². The van der Waals surface area contributed by atoms with E-state index in [0.717, 1.165) is 31.4 Å². The van der Waals surface area contributed by atoms with E-state index in [-0.39, 0.29) is 23.7 Å². The first-order chi connectivity index (χ1) is 11.6. The lowest BCUT2D eigenvalue weighted by Crippen LogP contribution is -2.44. The van der Waals surface area contributed by atoms with Gasteiger partial charge in [-0.3, -0.25) is 0 Å². The van der Waals surface area contributed by atoms with Gasteiger partial charge in [0.05, 0.1) is 16.9 Å². The molecule has 0 unspecified atom stereocenters. The highest BCUT2D eigenvalue weighted by atomic mass is 35.5. The summed E-state index contributed by atoms with van der Waals surface area (Å²) < 4.78 is 65.5. The van der Waals surface area contributed by atoms with E-state index >= 15 is 0 Å². The Bertz CT molecular complexity index is 862. The molecule has 26 heavy (non-hydrogen) atoms. The van der Waals surface area contributed by atoms with Crippen molar-refractivity contribution in [2.45, 2.75) is 42.3 Å². The molecule has 2 aromatic rings. The average Bonchev–Trinajstić information content (AvgIpc) is 2.91. The normalized spacial score (nSPS) is 16.6. The molecule has 1 aliphatic carbocycles. The lowest BCUT2D eigenvalue weighted by atomic mass is 9.77. The molecule has 2 N–H and O–H groups in total. The molecule has 11 heteroatoms. The highest BCUT2D eigenvalue weighted by Crippen LogP contribution is 2.37. The van der Waals surface area contributed by atoms with Crippen LogP contribution in [-0.4, -0.2) is 30.5 Å². The third kappa shape index (κ3) is 4.54. The van der Waals surface area contributed by atoms with Gasteiger partial charge < -0.3 is 10.3 Å². The van der Waals surface area contributed by atoms with Gasteiger partial charge in [0.15, 0.2) is 21.4 Å². The molecule has 3 rings (SSSR count). The van der Waals surface area contributed by atoms with E-state index in [1.807, 2.05) is 0 Å². The predicted molar refractivity (Wildman–Crippen MR) is 88.6 cm³/mol. The average molecular weight is 412 g/mol. The van der Waals surface area contributed by atoms with Crippen LogP contribution in [0.4, 0.5) is 13.2 Å². The molecule has 0 radical (unpaired) electrons. The predicted octanol–water partition coefficient (Wildman–Crippen LogP) is 2.76. The lowest BCUT2D eigenvalue weighted by Gasteiger charge is -2.34. The number of alkyl halides is 3. The molecule has 1 aromatic carbocycles. The minimum atomic E-state index is -4.78. The number of aromatic nitrogens is 2. The SMILES string of the molecule is Cl.NC1(c2noc(Cc3ccc(S(=O)(=O)CC(F)(F)F)cc3)n2)CCC1. The van der Waals surface area contributed by atoms with Gasteiger partial charge in [0, 0.05) is 0 Å². The fourth-order valence-corrected chi connectivity index (χ4v) is 3.75. The van der Waals surface area contributed by atoms with Gasteiger partial charge in [-0.15, -0.1) is 12.4 Å². The van der Waals surface area contributed by atoms with Gasteiger partial charge >= 0.3 is 6.18 Å². The Morgan fingerprint density at radius 2 is 1.81 bits per heavy atom. The Morgan fingerprint density at radius 1 is 1.19 bits per heavy atom. The van der Waals surface area contributed by atoms with Crippen molar-refractivity contribution in [2.24, 2.45) is 5.73 Å². The zero-order chi connectivity index (χ0) is 18.3. The summed E-state index contributed by atoms with van der Waals surface area (Å²) in [6.07, 6.45) is -1.95. The second-order valence-corrected chi connectivity index (χ2v) is 8.21. The fourth-order valence-electron chi connectivity index (χ4n) is 2.60. The standard InChI is InChI=1S/C15H16F3N3O3S.ClH/c16-15(17,18)9-25(22,23)11-4-2-10(3-5-11)8-12-20-13(21-24-12)14(19)6-1-7-14;/h2-5H,1,6-9,19H2;1H. The molecule has 1 fully saturated rings. The van der Waals surface area contributed by atoms with E-state index < -0.39 is 27.3 Å². The van der Waals surface area contributed by atoms with Crippen molar-refractivity contribution in [3.8, 4) is 0 Å². The Labute approximate surface area is 154 Å². The highest BCUT2D eigenvalue weighted by Gasteiger charge is 2.39. The van der Waals surface area contributed by atoms with E-state index in [1.165, 1.54) is 12.1 Å². The Hall–Kier alpha value is -1.65. The molecule has 0 aliphatic heterocycles. The number of nitrogens with two attached hydrogens (primary N) is 1. The van der Waals surface area contributed by atoms with Crippen molar-refractivity contribution in [2.75, 3.05) is 5.75 Å². The molecule has 1 aromatic heterocycles. The maximum Gasteiger partial charge on any atom is 0.403 e. The topological polar surface area (TPSA) is 99.1 Å². The van der Waals surface area contributed by atoms with Crippen LogP contribution in [0.2, 0.25) is 0 Å². The van der Waals surface area contributed by atoms with Crippen LogP contribution < -0.4 is 5.73 Å². The summed E-state index contributed by atoms with van der Waals surface area (Å²) in [6.45, 7) is 0. The van der Waals surface area contributed by atoms with Crippen molar-refractivity contribution >= 4 is 22.2 Å². The maximum absolute atomic E-state index is 12.3. The van der Waals surface area contributed by atoms with Gasteiger partial charge in [0.1, 0.15) is 0 Å². The molecule has 1 heterocycles. The van der Waals surface area contributed by atoms with Crippen molar-refractivity contribution < 1.29 is 26.1 Å². The molecule has 0 spiro atoms. The number of halogens is 4. The van der Waals surface area contributed by atoms with Crippen molar-refractivity contribution in [1.29, 1.82) is 0 Å².